The minimum absolute atomic E-state index is 0.0539. The van der Waals surface area contributed by atoms with Gasteiger partial charge in [0.15, 0.2) is 11.5 Å². The van der Waals surface area contributed by atoms with Crippen LogP contribution >= 0.6 is 0 Å². The second kappa shape index (κ2) is 6.13. The summed E-state index contributed by atoms with van der Waals surface area (Å²) in [5, 5.41) is 0. The van der Waals surface area contributed by atoms with E-state index in [0.717, 1.165) is 0 Å². The molecule has 17 heavy (non-hydrogen) atoms. The largest absolute Gasteiger partial charge is 0.490 e. The average Bonchev–Trinajstić information content (AvgIpc) is 2.30. The van der Waals surface area contributed by atoms with Gasteiger partial charge in [0.1, 0.15) is 0 Å². The molecule has 4 heteroatoms. The van der Waals surface area contributed by atoms with E-state index in [1.54, 1.807) is 18.2 Å². The Morgan fingerprint density at radius 3 is 2.53 bits per heavy atom. The molecule has 0 aliphatic rings. The van der Waals surface area contributed by atoms with Crippen molar-refractivity contribution in [1.29, 1.82) is 0 Å². The first kappa shape index (κ1) is 13.4. The van der Waals surface area contributed by atoms with Gasteiger partial charge in [-0.05, 0) is 39.0 Å². The Kier molecular flexibility index (Phi) is 4.82. The number of carbonyl (C=O) groups is 1. The molecule has 1 rings (SSSR count). The quantitative estimate of drug-likeness (QED) is 0.740. The van der Waals surface area contributed by atoms with Crippen molar-refractivity contribution in [2.24, 2.45) is 0 Å². The van der Waals surface area contributed by atoms with Crippen molar-refractivity contribution in [2.45, 2.75) is 26.9 Å². The Morgan fingerprint density at radius 2 is 2.00 bits per heavy atom. The number of hydrogen-bond acceptors (Lipinski definition) is 4. The van der Waals surface area contributed by atoms with E-state index in [4.69, 9.17) is 9.47 Å². The highest BCUT2D eigenvalue weighted by Gasteiger charge is 2.12. The van der Waals surface area contributed by atoms with Gasteiger partial charge in [0, 0.05) is 0 Å². The minimum atomic E-state index is -0.387. The predicted octanol–water partition coefficient (Wildman–Crippen LogP) is 2.66. The van der Waals surface area contributed by atoms with E-state index < -0.39 is 0 Å². The molecule has 1 aromatic rings. The van der Waals surface area contributed by atoms with Crippen LogP contribution in [0.5, 0.6) is 11.5 Å². The van der Waals surface area contributed by atoms with Gasteiger partial charge < -0.3 is 14.2 Å². The number of ether oxygens (including phenoxy) is 3. The van der Waals surface area contributed by atoms with Gasteiger partial charge in [0.25, 0.3) is 0 Å². The van der Waals surface area contributed by atoms with Gasteiger partial charge in [0.2, 0.25) is 0 Å². The fourth-order valence-electron chi connectivity index (χ4n) is 1.37. The molecule has 0 aliphatic heterocycles. The van der Waals surface area contributed by atoms with Gasteiger partial charge in [0.05, 0.1) is 25.4 Å². The summed E-state index contributed by atoms with van der Waals surface area (Å²) < 4.78 is 15.7. The zero-order valence-electron chi connectivity index (χ0n) is 10.6. The Hall–Kier alpha value is -1.71. The summed E-state index contributed by atoms with van der Waals surface area (Å²) in [4.78, 5) is 11.4. The van der Waals surface area contributed by atoms with Crippen LogP contribution in [0.15, 0.2) is 18.2 Å². The maximum Gasteiger partial charge on any atom is 0.337 e. The Labute approximate surface area is 101 Å². The van der Waals surface area contributed by atoms with Crippen LogP contribution in [0.4, 0.5) is 0 Å². The molecule has 0 spiro atoms. The number of hydrogen-bond donors (Lipinski definition) is 0. The van der Waals surface area contributed by atoms with Gasteiger partial charge in [-0.1, -0.05) is 0 Å². The van der Waals surface area contributed by atoms with Crippen LogP contribution in [0.3, 0.4) is 0 Å². The van der Waals surface area contributed by atoms with Crippen molar-refractivity contribution in [3.8, 4) is 11.5 Å². The first-order valence-electron chi connectivity index (χ1n) is 5.60. The topological polar surface area (TPSA) is 44.8 Å². The highest BCUT2D eigenvalue weighted by molar-refractivity contribution is 5.90. The molecule has 0 radical (unpaired) electrons. The minimum Gasteiger partial charge on any atom is -0.490 e. The van der Waals surface area contributed by atoms with Crippen molar-refractivity contribution in [1.82, 2.24) is 0 Å². The fourth-order valence-corrected chi connectivity index (χ4v) is 1.37. The summed E-state index contributed by atoms with van der Waals surface area (Å²) in [6.45, 7) is 6.26. The average molecular weight is 238 g/mol. The van der Waals surface area contributed by atoms with E-state index in [-0.39, 0.29) is 12.1 Å². The third-order valence-electron chi connectivity index (χ3n) is 2.03. The molecule has 94 valence electrons. The molecule has 0 aromatic heterocycles. The predicted molar refractivity (Wildman–Crippen MR) is 64.7 cm³/mol. The molecule has 0 N–H and O–H groups in total. The zero-order valence-corrected chi connectivity index (χ0v) is 10.6. The summed E-state index contributed by atoms with van der Waals surface area (Å²) in [7, 11) is 1.35. The molecule has 0 fully saturated rings. The van der Waals surface area contributed by atoms with Gasteiger partial charge >= 0.3 is 5.97 Å². The van der Waals surface area contributed by atoms with E-state index in [2.05, 4.69) is 4.74 Å². The maximum absolute atomic E-state index is 11.4. The summed E-state index contributed by atoms with van der Waals surface area (Å²) >= 11 is 0. The molecule has 0 amide bonds. The normalized spacial score (nSPS) is 10.2. The molecule has 0 saturated carbocycles. The van der Waals surface area contributed by atoms with Crippen molar-refractivity contribution in [3.63, 3.8) is 0 Å². The van der Waals surface area contributed by atoms with Gasteiger partial charge in [-0.3, -0.25) is 0 Å². The fraction of sp³-hybridized carbons (Fsp3) is 0.462. The van der Waals surface area contributed by atoms with Gasteiger partial charge in [-0.2, -0.15) is 0 Å². The molecule has 0 unspecified atom stereocenters. The zero-order chi connectivity index (χ0) is 12.8. The van der Waals surface area contributed by atoms with Crippen LogP contribution in [0.1, 0.15) is 31.1 Å². The van der Waals surface area contributed by atoms with E-state index in [1.807, 2.05) is 20.8 Å². The van der Waals surface area contributed by atoms with Crippen LogP contribution in [-0.2, 0) is 4.74 Å². The first-order valence-corrected chi connectivity index (χ1v) is 5.60. The van der Waals surface area contributed by atoms with Crippen molar-refractivity contribution < 1.29 is 19.0 Å². The number of carbonyl (C=O) groups excluding carboxylic acids is 1. The van der Waals surface area contributed by atoms with Crippen LogP contribution in [0.2, 0.25) is 0 Å². The van der Waals surface area contributed by atoms with Crippen LogP contribution in [0, 0.1) is 0 Å². The maximum atomic E-state index is 11.4. The van der Waals surface area contributed by atoms with Crippen molar-refractivity contribution in [3.05, 3.63) is 23.8 Å². The monoisotopic (exact) mass is 238 g/mol. The molecule has 1 aromatic carbocycles. The van der Waals surface area contributed by atoms with E-state index in [1.165, 1.54) is 7.11 Å². The van der Waals surface area contributed by atoms with Crippen LogP contribution in [-0.4, -0.2) is 25.8 Å². The lowest BCUT2D eigenvalue weighted by Gasteiger charge is -2.15. The lowest BCUT2D eigenvalue weighted by atomic mass is 10.2. The van der Waals surface area contributed by atoms with E-state index in [0.29, 0.717) is 23.7 Å². The van der Waals surface area contributed by atoms with Crippen molar-refractivity contribution in [2.75, 3.05) is 13.7 Å². The van der Waals surface area contributed by atoms with Gasteiger partial charge in [-0.15, -0.1) is 0 Å². The highest BCUT2D eigenvalue weighted by Crippen LogP contribution is 2.29. The lowest BCUT2D eigenvalue weighted by Crippen LogP contribution is -2.08. The second-order valence-electron chi connectivity index (χ2n) is 3.75. The molecule has 0 bridgehead atoms. The van der Waals surface area contributed by atoms with Crippen molar-refractivity contribution >= 4 is 5.97 Å². The number of esters is 1. The summed E-state index contributed by atoms with van der Waals surface area (Å²) in [5.74, 6) is 0.806. The Balaban J connectivity index is 3.03. The second-order valence-corrected chi connectivity index (χ2v) is 3.75. The molecular formula is C13H18O4. The summed E-state index contributed by atoms with van der Waals surface area (Å²) in [6.07, 6.45) is 0.0539. The number of methoxy groups -OCH3 is 1. The smallest absolute Gasteiger partial charge is 0.337 e. The molecule has 0 heterocycles. The summed E-state index contributed by atoms with van der Waals surface area (Å²) in [6, 6.07) is 5.01. The van der Waals surface area contributed by atoms with Gasteiger partial charge in [-0.25, -0.2) is 4.79 Å². The molecule has 4 nitrogen and oxygen atoms in total. The molecule has 0 saturated heterocycles. The molecular weight excluding hydrogens is 220 g/mol. The lowest BCUT2D eigenvalue weighted by molar-refractivity contribution is 0.0600. The summed E-state index contributed by atoms with van der Waals surface area (Å²) in [5.41, 5.74) is 0.451. The Bertz CT molecular complexity index is 385. The molecule has 0 atom stereocenters. The SMILES string of the molecule is CCOc1cc(C(=O)OC)ccc1OC(C)C. The molecule has 0 aliphatic carbocycles. The van der Waals surface area contributed by atoms with E-state index in [9.17, 15) is 4.79 Å². The number of rotatable bonds is 5. The highest BCUT2D eigenvalue weighted by atomic mass is 16.5. The Morgan fingerprint density at radius 1 is 1.29 bits per heavy atom. The first-order chi connectivity index (χ1) is 8.08. The van der Waals surface area contributed by atoms with E-state index >= 15 is 0 Å². The number of benzene rings is 1. The van der Waals surface area contributed by atoms with Crippen LogP contribution < -0.4 is 9.47 Å². The third kappa shape index (κ3) is 3.66. The van der Waals surface area contributed by atoms with Crippen LogP contribution in [0.25, 0.3) is 0 Å². The third-order valence-corrected chi connectivity index (χ3v) is 2.03. The standard InChI is InChI=1S/C13H18O4/c1-5-16-12-8-10(13(14)15-4)6-7-11(12)17-9(2)3/h6-9H,5H2,1-4H3.